The Morgan fingerprint density at radius 2 is 1.87 bits per heavy atom. The lowest BCUT2D eigenvalue weighted by molar-refractivity contribution is -0.139. The largest absolute Gasteiger partial charge is 0.375 e. The highest BCUT2D eigenvalue weighted by atomic mass is 32.1. The van der Waals surface area contributed by atoms with Crippen LogP contribution in [0.1, 0.15) is 37.0 Å². The number of aromatic nitrogens is 1. The van der Waals surface area contributed by atoms with Gasteiger partial charge in [-0.2, -0.15) is 0 Å². The molecule has 1 aliphatic rings. The Labute approximate surface area is 190 Å². The third kappa shape index (κ3) is 5.71. The Kier molecular flexibility index (Phi) is 6.99. The van der Waals surface area contributed by atoms with Crippen molar-refractivity contribution in [2.45, 2.75) is 38.6 Å². The third-order valence-corrected chi connectivity index (χ3v) is 7.05. The number of thiazole rings is 1. The minimum atomic E-state index is -0.189. The van der Waals surface area contributed by atoms with E-state index < -0.39 is 0 Å². The highest BCUT2D eigenvalue weighted by Crippen LogP contribution is 2.27. The molecular weight excluding hydrogens is 428 g/mol. The van der Waals surface area contributed by atoms with Gasteiger partial charge in [-0.1, -0.05) is 37.5 Å². The molecular formula is C23H26N4O2S2. The number of nitrogens with one attached hydrogen (secondary N) is 1. The average molecular weight is 455 g/mol. The molecule has 2 amide bonds. The van der Waals surface area contributed by atoms with Crippen LogP contribution >= 0.6 is 22.7 Å². The maximum Gasteiger partial charge on any atom is 0.244 e. The summed E-state index contributed by atoms with van der Waals surface area (Å²) in [4.78, 5) is 33.0. The summed E-state index contributed by atoms with van der Waals surface area (Å²) in [5, 5.41) is 7.35. The lowest BCUT2D eigenvalue weighted by Crippen LogP contribution is -2.41. The summed E-state index contributed by atoms with van der Waals surface area (Å²) in [5.41, 5.74) is 8.16. The van der Waals surface area contributed by atoms with Gasteiger partial charge in [-0.05, 0) is 36.4 Å². The fraction of sp³-hybridized carbons (Fsp3) is 0.348. The van der Waals surface area contributed by atoms with Gasteiger partial charge in [0.25, 0.3) is 0 Å². The molecule has 4 rings (SSSR count). The summed E-state index contributed by atoms with van der Waals surface area (Å²) in [6, 6.07) is 11.5. The maximum atomic E-state index is 13.2. The molecule has 0 atom stereocenters. The summed E-state index contributed by atoms with van der Waals surface area (Å²) in [6.07, 6.45) is 5.21. The molecule has 162 valence electrons. The molecule has 1 fully saturated rings. The highest BCUT2D eigenvalue weighted by Gasteiger charge is 2.27. The van der Waals surface area contributed by atoms with Crippen molar-refractivity contribution in [2.24, 2.45) is 5.92 Å². The number of carbonyl (C=O) groups is 2. The molecule has 8 heteroatoms. The van der Waals surface area contributed by atoms with Crippen molar-refractivity contribution in [3.8, 4) is 11.3 Å². The Morgan fingerprint density at radius 3 is 2.52 bits per heavy atom. The first kappa shape index (κ1) is 21.5. The molecule has 0 bridgehead atoms. The second-order valence-electron chi connectivity index (χ2n) is 7.81. The standard InChI is InChI=1S/C23H26N4O2S2/c24-23-26-20(15-31-23)16-8-10-18(11-9-16)25-21(28)14-27(13-19-7-4-12-30-19)22(29)17-5-2-1-3-6-17/h4,7-12,15,17H,1-3,5-6,13-14H2,(H2,24,26)(H,25,28). The van der Waals surface area contributed by atoms with Crippen LogP contribution < -0.4 is 11.1 Å². The number of amides is 2. The number of hydrogen-bond donors (Lipinski definition) is 2. The molecule has 0 saturated heterocycles. The first-order chi connectivity index (χ1) is 15.1. The van der Waals surface area contributed by atoms with Gasteiger partial charge in [-0.3, -0.25) is 9.59 Å². The van der Waals surface area contributed by atoms with Gasteiger partial charge in [-0.25, -0.2) is 4.98 Å². The van der Waals surface area contributed by atoms with Gasteiger partial charge < -0.3 is 16.0 Å². The SMILES string of the molecule is Nc1nc(-c2ccc(NC(=O)CN(Cc3cccs3)C(=O)C3CCCCC3)cc2)cs1. The molecule has 6 nitrogen and oxygen atoms in total. The second kappa shape index (κ2) is 10.1. The quantitative estimate of drug-likeness (QED) is 0.526. The van der Waals surface area contributed by atoms with Crippen LogP contribution in [-0.2, 0) is 16.1 Å². The fourth-order valence-corrected chi connectivity index (χ4v) is 5.22. The number of anilines is 2. The van der Waals surface area contributed by atoms with Crippen LogP contribution in [0.25, 0.3) is 11.3 Å². The molecule has 0 radical (unpaired) electrons. The minimum Gasteiger partial charge on any atom is -0.375 e. The first-order valence-corrected chi connectivity index (χ1v) is 12.3. The van der Waals surface area contributed by atoms with Crippen molar-refractivity contribution in [3.63, 3.8) is 0 Å². The van der Waals surface area contributed by atoms with E-state index in [4.69, 9.17) is 5.73 Å². The highest BCUT2D eigenvalue weighted by molar-refractivity contribution is 7.13. The summed E-state index contributed by atoms with van der Waals surface area (Å²) < 4.78 is 0. The van der Waals surface area contributed by atoms with E-state index in [1.54, 1.807) is 16.2 Å². The second-order valence-corrected chi connectivity index (χ2v) is 9.73. The van der Waals surface area contributed by atoms with E-state index in [1.165, 1.54) is 17.8 Å². The van der Waals surface area contributed by atoms with Crippen molar-refractivity contribution < 1.29 is 9.59 Å². The van der Waals surface area contributed by atoms with E-state index in [0.29, 0.717) is 17.4 Å². The Morgan fingerprint density at radius 1 is 1.10 bits per heavy atom. The zero-order chi connectivity index (χ0) is 21.6. The number of hydrogen-bond acceptors (Lipinski definition) is 6. The lowest BCUT2D eigenvalue weighted by Gasteiger charge is -2.28. The van der Waals surface area contributed by atoms with Crippen molar-refractivity contribution in [1.29, 1.82) is 0 Å². The molecule has 2 aromatic heterocycles. The average Bonchev–Trinajstić information content (AvgIpc) is 3.46. The maximum absolute atomic E-state index is 13.2. The van der Waals surface area contributed by atoms with Crippen LogP contribution in [0.3, 0.4) is 0 Å². The van der Waals surface area contributed by atoms with E-state index in [0.717, 1.165) is 41.8 Å². The van der Waals surface area contributed by atoms with Crippen LogP contribution in [0, 0.1) is 5.92 Å². The minimum absolute atomic E-state index is 0.0337. The number of nitrogens with two attached hydrogens (primary N) is 1. The van der Waals surface area contributed by atoms with Crippen molar-refractivity contribution in [3.05, 3.63) is 52.0 Å². The van der Waals surface area contributed by atoms with E-state index in [2.05, 4.69) is 10.3 Å². The van der Waals surface area contributed by atoms with Gasteiger partial charge in [0.15, 0.2) is 5.13 Å². The summed E-state index contributed by atoms with van der Waals surface area (Å²) in [6.45, 7) is 0.530. The fourth-order valence-electron chi connectivity index (χ4n) is 3.93. The van der Waals surface area contributed by atoms with Crippen molar-refractivity contribution >= 4 is 45.3 Å². The Hall–Kier alpha value is -2.71. The summed E-state index contributed by atoms with van der Waals surface area (Å²) in [5.74, 6) is -0.0579. The number of carbonyl (C=O) groups excluding carboxylic acids is 2. The third-order valence-electron chi connectivity index (χ3n) is 5.51. The van der Waals surface area contributed by atoms with Crippen molar-refractivity contribution in [1.82, 2.24) is 9.88 Å². The van der Waals surface area contributed by atoms with E-state index in [9.17, 15) is 9.59 Å². The van der Waals surface area contributed by atoms with Gasteiger partial charge in [-0.15, -0.1) is 22.7 Å². The monoisotopic (exact) mass is 454 g/mol. The van der Waals surface area contributed by atoms with E-state index in [-0.39, 0.29) is 24.3 Å². The first-order valence-electron chi connectivity index (χ1n) is 10.5. The Bertz CT molecular complexity index is 1010. The molecule has 0 aliphatic heterocycles. The topological polar surface area (TPSA) is 88.3 Å². The summed E-state index contributed by atoms with van der Waals surface area (Å²) >= 11 is 3.00. The number of thiophene rings is 1. The zero-order valence-corrected chi connectivity index (χ0v) is 18.9. The van der Waals surface area contributed by atoms with Gasteiger partial charge >= 0.3 is 0 Å². The molecule has 3 aromatic rings. The molecule has 31 heavy (non-hydrogen) atoms. The van der Waals surface area contributed by atoms with Gasteiger partial charge in [0.2, 0.25) is 11.8 Å². The molecule has 2 heterocycles. The zero-order valence-electron chi connectivity index (χ0n) is 17.3. The van der Waals surface area contributed by atoms with Crippen LogP contribution in [0.4, 0.5) is 10.8 Å². The number of nitrogens with zero attached hydrogens (tertiary/aromatic N) is 2. The van der Waals surface area contributed by atoms with Crippen LogP contribution in [-0.4, -0.2) is 28.2 Å². The van der Waals surface area contributed by atoms with Gasteiger partial charge in [0.05, 0.1) is 12.2 Å². The predicted molar refractivity (Wildman–Crippen MR) is 127 cm³/mol. The van der Waals surface area contributed by atoms with Crippen LogP contribution in [0.15, 0.2) is 47.2 Å². The van der Waals surface area contributed by atoms with Gasteiger partial charge in [0.1, 0.15) is 6.54 Å². The van der Waals surface area contributed by atoms with E-state index >= 15 is 0 Å². The molecule has 3 N–H and O–H groups in total. The smallest absolute Gasteiger partial charge is 0.244 e. The number of nitrogen functional groups attached to an aromatic ring is 1. The normalized spacial score (nSPS) is 14.3. The predicted octanol–water partition coefficient (Wildman–Crippen LogP) is 5.00. The van der Waals surface area contributed by atoms with Crippen molar-refractivity contribution in [2.75, 3.05) is 17.6 Å². The van der Waals surface area contributed by atoms with Crippen LogP contribution in [0.2, 0.25) is 0 Å². The Balaban J connectivity index is 1.41. The van der Waals surface area contributed by atoms with Gasteiger partial charge in [0, 0.05) is 27.4 Å². The van der Waals surface area contributed by atoms with E-state index in [1.807, 2.05) is 47.2 Å². The molecule has 0 unspecified atom stereocenters. The molecule has 1 aromatic carbocycles. The van der Waals surface area contributed by atoms with Crippen LogP contribution in [0.5, 0.6) is 0 Å². The number of benzene rings is 1. The molecule has 1 saturated carbocycles. The molecule has 1 aliphatic carbocycles. The summed E-state index contributed by atoms with van der Waals surface area (Å²) in [7, 11) is 0. The number of rotatable bonds is 7. The molecule has 0 spiro atoms. The lowest BCUT2D eigenvalue weighted by atomic mass is 9.88.